The number of amides is 1. The van der Waals surface area contributed by atoms with Crippen LogP contribution in [0, 0.1) is 10.1 Å². The Morgan fingerprint density at radius 1 is 1.05 bits per heavy atom. The highest BCUT2D eigenvalue weighted by Gasteiger charge is 2.29. The Bertz CT molecular complexity index is 1560. The normalized spacial score (nSPS) is 17.1. The van der Waals surface area contributed by atoms with Gasteiger partial charge in [0, 0.05) is 47.9 Å². The van der Waals surface area contributed by atoms with E-state index < -0.39 is 10.8 Å². The Morgan fingerprint density at radius 2 is 1.75 bits per heavy atom. The third-order valence-electron chi connectivity index (χ3n) is 9.24. The lowest BCUT2D eigenvalue weighted by atomic mass is 9.86. The highest BCUT2D eigenvalue weighted by Crippen LogP contribution is 2.35. The molecule has 1 heterocycles. The van der Waals surface area contributed by atoms with E-state index in [9.17, 15) is 19.1 Å². The molecule has 10 heteroatoms. The second-order valence-electron chi connectivity index (χ2n) is 12.0. The van der Waals surface area contributed by atoms with Gasteiger partial charge in [-0.25, -0.2) is 0 Å². The molecule has 0 N–H and O–H groups in total. The van der Waals surface area contributed by atoms with Crippen LogP contribution >= 0.6 is 23.2 Å². The molecule has 1 aliphatic heterocycles. The number of carbonyl (C=O) groups is 1. The van der Waals surface area contributed by atoms with E-state index in [1.165, 1.54) is 11.6 Å². The molecule has 44 heavy (non-hydrogen) atoms. The minimum atomic E-state index is -1.01. The van der Waals surface area contributed by atoms with E-state index in [1.54, 1.807) is 23.3 Å². The molecule has 1 saturated heterocycles. The van der Waals surface area contributed by atoms with E-state index in [0.29, 0.717) is 46.5 Å². The third-order valence-corrected chi connectivity index (χ3v) is 11.0. The van der Waals surface area contributed by atoms with Crippen molar-refractivity contribution >= 4 is 45.6 Å². The fraction of sp³-hybridized carbons (Fsp3) is 0.441. The average Bonchev–Trinajstić information content (AvgIpc) is 3.03. The Morgan fingerprint density at radius 3 is 2.43 bits per heavy atom. The Labute approximate surface area is 272 Å². The molecular weight excluding hydrogens is 617 g/mol. The van der Waals surface area contributed by atoms with E-state index in [4.69, 9.17) is 23.2 Å². The molecule has 0 bridgehead atoms. The van der Waals surface area contributed by atoms with E-state index in [-0.39, 0.29) is 22.4 Å². The Hall–Kier alpha value is -2.78. The van der Waals surface area contributed by atoms with Crippen LogP contribution in [0.3, 0.4) is 0 Å². The van der Waals surface area contributed by atoms with Gasteiger partial charge in [0.25, 0.3) is 11.6 Å². The zero-order valence-electron chi connectivity index (χ0n) is 25.3. The molecule has 0 aromatic heterocycles. The lowest BCUT2D eigenvalue weighted by Gasteiger charge is -2.34. The van der Waals surface area contributed by atoms with Crippen molar-refractivity contribution in [3.8, 4) is 0 Å². The molecule has 2 aliphatic rings. The van der Waals surface area contributed by atoms with Gasteiger partial charge in [-0.05, 0) is 111 Å². The van der Waals surface area contributed by atoms with E-state index >= 15 is 0 Å². The molecule has 7 nitrogen and oxygen atoms in total. The van der Waals surface area contributed by atoms with Crippen LogP contribution in [0.2, 0.25) is 10.0 Å². The number of likely N-dealkylation sites (tertiary alicyclic amines) is 1. The Balaban J connectivity index is 1.29. The zero-order chi connectivity index (χ0) is 31.4. The summed E-state index contributed by atoms with van der Waals surface area (Å²) in [4.78, 5) is 30.3. The highest BCUT2D eigenvalue weighted by molar-refractivity contribution is 7.84. The molecule has 0 unspecified atom stereocenters. The van der Waals surface area contributed by atoms with Crippen molar-refractivity contribution < 1.29 is 13.9 Å². The second kappa shape index (κ2) is 14.5. The largest absolute Gasteiger partial charge is 0.341 e. The van der Waals surface area contributed by atoms with Crippen molar-refractivity contribution in [1.29, 1.82) is 0 Å². The predicted molar refractivity (Wildman–Crippen MR) is 178 cm³/mol. The van der Waals surface area contributed by atoms with Gasteiger partial charge in [-0.1, -0.05) is 47.5 Å². The lowest BCUT2D eigenvalue weighted by molar-refractivity contribution is -0.385. The maximum atomic E-state index is 13.8. The molecule has 0 radical (unpaired) electrons. The molecule has 1 amide bonds. The van der Waals surface area contributed by atoms with Crippen LogP contribution in [0.1, 0.15) is 76.6 Å². The van der Waals surface area contributed by atoms with Crippen molar-refractivity contribution in [2.45, 2.75) is 61.7 Å². The van der Waals surface area contributed by atoms with E-state index in [1.807, 2.05) is 37.4 Å². The quantitative estimate of drug-likeness (QED) is 0.166. The number of rotatable bonds is 10. The van der Waals surface area contributed by atoms with Crippen LogP contribution in [-0.2, 0) is 23.6 Å². The number of fused-ring (bicyclic) bond motifs is 1. The average molecular weight is 657 g/mol. The van der Waals surface area contributed by atoms with Crippen LogP contribution in [0.4, 0.5) is 5.69 Å². The number of likely N-dealkylation sites (N-methyl/N-ethyl adjacent to an activating group) is 1. The molecule has 0 spiro atoms. The SMILES string of the molecule is CN(C[C@@H](CCN1CCC(c2ccccc2[S@](C)=O)CC1)c1ccc(Cl)c(Cl)c1)C(=O)c1ccc([N+](=O)[O-])c2c1CCCC2. The molecule has 3 aromatic carbocycles. The summed E-state index contributed by atoms with van der Waals surface area (Å²) in [5, 5.41) is 12.6. The minimum Gasteiger partial charge on any atom is -0.341 e. The summed E-state index contributed by atoms with van der Waals surface area (Å²) < 4.78 is 12.3. The van der Waals surface area contributed by atoms with Gasteiger partial charge < -0.3 is 9.80 Å². The molecule has 5 rings (SSSR count). The highest BCUT2D eigenvalue weighted by atomic mass is 35.5. The van der Waals surface area contributed by atoms with Gasteiger partial charge in [-0.15, -0.1) is 0 Å². The molecule has 1 fully saturated rings. The summed E-state index contributed by atoms with van der Waals surface area (Å²) in [6.45, 7) is 3.25. The van der Waals surface area contributed by atoms with Crippen molar-refractivity contribution in [3.63, 3.8) is 0 Å². The van der Waals surface area contributed by atoms with Crippen molar-refractivity contribution in [3.05, 3.63) is 103 Å². The fourth-order valence-corrected chi connectivity index (χ4v) is 8.00. The molecule has 1 aliphatic carbocycles. The first-order valence-corrected chi connectivity index (χ1v) is 17.6. The number of carbonyl (C=O) groups excluding carboxylic acids is 1. The summed E-state index contributed by atoms with van der Waals surface area (Å²) in [6, 6.07) is 16.9. The Kier molecular flexibility index (Phi) is 10.8. The maximum absolute atomic E-state index is 13.8. The van der Waals surface area contributed by atoms with Crippen molar-refractivity contribution in [2.75, 3.05) is 39.5 Å². The molecule has 3 aromatic rings. The smallest absolute Gasteiger partial charge is 0.272 e. The zero-order valence-corrected chi connectivity index (χ0v) is 27.6. The monoisotopic (exact) mass is 655 g/mol. The number of hydrogen-bond acceptors (Lipinski definition) is 5. The molecule has 234 valence electrons. The van der Waals surface area contributed by atoms with Gasteiger partial charge in [0.1, 0.15) is 0 Å². The first-order valence-electron chi connectivity index (χ1n) is 15.3. The summed E-state index contributed by atoms with van der Waals surface area (Å²) in [5.74, 6) is 0.304. The predicted octanol–water partition coefficient (Wildman–Crippen LogP) is 7.64. The van der Waals surface area contributed by atoms with Gasteiger partial charge >= 0.3 is 0 Å². The van der Waals surface area contributed by atoms with E-state index in [0.717, 1.165) is 67.8 Å². The van der Waals surface area contributed by atoms with E-state index in [2.05, 4.69) is 11.0 Å². The van der Waals surface area contributed by atoms with Gasteiger partial charge in [0.05, 0.1) is 25.8 Å². The van der Waals surface area contributed by atoms with Crippen molar-refractivity contribution in [1.82, 2.24) is 9.80 Å². The number of halogens is 2. The molecular formula is C34H39Cl2N3O4S. The maximum Gasteiger partial charge on any atom is 0.272 e. The number of nitrogens with zero attached hydrogens (tertiary/aromatic N) is 3. The minimum absolute atomic E-state index is 0.0218. The second-order valence-corrected chi connectivity index (χ2v) is 14.2. The topological polar surface area (TPSA) is 83.8 Å². The number of benzene rings is 3. The van der Waals surface area contributed by atoms with Gasteiger partial charge in [-0.2, -0.15) is 0 Å². The number of hydrogen-bond donors (Lipinski definition) is 0. The number of nitro benzene ring substituents is 1. The summed E-state index contributed by atoms with van der Waals surface area (Å²) in [6.07, 6.45) is 7.71. The number of nitro groups is 1. The van der Waals surface area contributed by atoms with Gasteiger partial charge in [0.2, 0.25) is 0 Å². The summed E-state index contributed by atoms with van der Waals surface area (Å²) in [7, 11) is 0.800. The van der Waals surface area contributed by atoms with Crippen LogP contribution < -0.4 is 0 Å². The standard InChI is InChI=1S/C34H39Cl2N3O4S/c1-37(34(40)29-12-14-32(39(41)42)28-9-4-3-8-27(28)29)22-25(24-11-13-30(35)31(36)21-24)17-20-38-18-15-23(16-19-38)26-7-5-6-10-33(26)44(2)43/h5-7,10-14,21,23,25H,3-4,8-9,15-20,22H2,1-2H3/t25-,44+/m1/s1. The van der Waals surface area contributed by atoms with Crippen LogP contribution in [0.5, 0.6) is 0 Å². The van der Waals surface area contributed by atoms with Crippen LogP contribution in [0.15, 0.2) is 59.5 Å². The van der Waals surface area contributed by atoms with Gasteiger partial charge in [-0.3, -0.25) is 19.1 Å². The first kappa shape index (κ1) is 32.6. The first-order chi connectivity index (χ1) is 21.1. The fourth-order valence-electron chi connectivity index (χ4n) is 6.85. The summed E-state index contributed by atoms with van der Waals surface area (Å²) >= 11 is 12.7. The van der Waals surface area contributed by atoms with Crippen LogP contribution in [-0.4, -0.2) is 64.3 Å². The lowest BCUT2D eigenvalue weighted by Crippen LogP contribution is -2.36. The molecule has 2 atom stereocenters. The number of piperidine rings is 1. The van der Waals surface area contributed by atoms with Crippen molar-refractivity contribution in [2.24, 2.45) is 0 Å². The molecule has 0 saturated carbocycles. The summed E-state index contributed by atoms with van der Waals surface area (Å²) in [5.41, 5.74) is 4.44. The van der Waals surface area contributed by atoms with Gasteiger partial charge in [0.15, 0.2) is 0 Å². The van der Waals surface area contributed by atoms with Crippen LogP contribution in [0.25, 0.3) is 0 Å². The third kappa shape index (κ3) is 7.36.